The van der Waals surface area contributed by atoms with Gasteiger partial charge in [-0.05, 0) is 6.07 Å². The van der Waals surface area contributed by atoms with Gasteiger partial charge in [-0.25, -0.2) is 9.78 Å². The summed E-state index contributed by atoms with van der Waals surface area (Å²) in [7, 11) is 1.31. The van der Waals surface area contributed by atoms with Crippen LogP contribution in [0.25, 0.3) is 0 Å². The maximum atomic E-state index is 11.0. The lowest BCUT2D eigenvalue weighted by Crippen LogP contribution is -2.02. The third-order valence-corrected chi connectivity index (χ3v) is 1.46. The number of methoxy groups -OCH3 is 1. The number of carbonyl (C=O) groups excluding carboxylic acids is 1. The molecule has 0 aliphatic carbocycles. The molecule has 0 unspecified atom stereocenters. The Morgan fingerprint density at radius 3 is 2.93 bits per heavy atom. The van der Waals surface area contributed by atoms with Crippen molar-refractivity contribution in [2.75, 3.05) is 13.7 Å². The van der Waals surface area contributed by atoms with Crippen molar-refractivity contribution in [2.45, 2.75) is 0 Å². The summed E-state index contributed by atoms with van der Waals surface area (Å²) >= 11 is 0. The highest BCUT2D eigenvalue weighted by Crippen LogP contribution is 2.07. The van der Waals surface area contributed by atoms with Crippen LogP contribution in [0.15, 0.2) is 18.3 Å². The summed E-state index contributed by atoms with van der Waals surface area (Å²) in [5, 5.41) is 0. The Hall–Kier alpha value is -2.02. The third kappa shape index (κ3) is 2.49. The number of hydrogen-bond acceptors (Lipinski definition) is 4. The Morgan fingerprint density at radius 1 is 1.64 bits per heavy atom. The van der Waals surface area contributed by atoms with Crippen molar-refractivity contribution in [3.8, 4) is 18.2 Å². The minimum Gasteiger partial charge on any atom is -0.465 e. The second-order valence-electron chi connectivity index (χ2n) is 2.37. The van der Waals surface area contributed by atoms with Crippen molar-refractivity contribution >= 4 is 5.97 Å². The van der Waals surface area contributed by atoms with E-state index in [0.717, 1.165) is 0 Å². The molecule has 0 saturated carbocycles. The molecule has 1 rings (SSSR count). The molecule has 0 bridgehead atoms. The van der Waals surface area contributed by atoms with Gasteiger partial charge < -0.3 is 9.47 Å². The van der Waals surface area contributed by atoms with E-state index in [1.807, 2.05) is 0 Å². The van der Waals surface area contributed by atoms with Gasteiger partial charge in [0.2, 0.25) is 5.88 Å². The number of hydrogen-bond donors (Lipinski definition) is 0. The molecule has 0 aromatic carbocycles. The molecular weight excluding hydrogens is 182 g/mol. The van der Waals surface area contributed by atoms with Crippen LogP contribution in [-0.2, 0) is 4.74 Å². The molecule has 14 heavy (non-hydrogen) atoms. The highest BCUT2D eigenvalue weighted by Gasteiger charge is 2.05. The molecule has 1 aromatic heterocycles. The molecule has 1 heterocycles. The first-order valence-electron chi connectivity index (χ1n) is 3.88. The molecule has 4 heteroatoms. The molecule has 72 valence electrons. The van der Waals surface area contributed by atoms with Gasteiger partial charge in [0.1, 0.15) is 0 Å². The molecule has 0 saturated heterocycles. The fourth-order valence-electron chi connectivity index (χ4n) is 0.820. The van der Waals surface area contributed by atoms with E-state index >= 15 is 0 Å². The Kier molecular flexibility index (Phi) is 3.50. The van der Waals surface area contributed by atoms with Crippen molar-refractivity contribution in [3.05, 3.63) is 23.9 Å². The van der Waals surface area contributed by atoms with Crippen LogP contribution in [0.4, 0.5) is 0 Å². The van der Waals surface area contributed by atoms with Gasteiger partial charge in [0, 0.05) is 12.3 Å². The second kappa shape index (κ2) is 4.87. The van der Waals surface area contributed by atoms with E-state index in [2.05, 4.69) is 15.6 Å². The monoisotopic (exact) mass is 191 g/mol. The predicted octanol–water partition coefficient (Wildman–Crippen LogP) is 0.880. The van der Waals surface area contributed by atoms with Crippen LogP contribution in [-0.4, -0.2) is 24.7 Å². The number of carbonyl (C=O) groups is 1. The number of nitrogens with zero attached hydrogens (tertiary/aromatic N) is 1. The highest BCUT2D eigenvalue weighted by molar-refractivity contribution is 5.88. The van der Waals surface area contributed by atoms with Crippen molar-refractivity contribution in [1.82, 2.24) is 4.98 Å². The number of pyridine rings is 1. The van der Waals surface area contributed by atoms with Gasteiger partial charge >= 0.3 is 5.97 Å². The summed E-state index contributed by atoms with van der Waals surface area (Å²) in [4.78, 5) is 14.9. The number of esters is 1. The fraction of sp³-hybridized carbons (Fsp3) is 0.200. The van der Waals surface area contributed by atoms with Gasteiger partial charge in [-0.3, -0.25) is 0 Å². The number of aromatic nitrogens is 1. The smallest absolute Gasteiger partial charge is 0.339 e. The zero-order chi connectivity index (χ0) is 10.4. The molecule has 0 amide bonds. The first-order chi connectivity index (χ1) is 6.77. The molecule has 0 aliphatic rings. The van der Waals surface area contributed by atoms with E-state index in [4.69, 9.17) is 11.2 Å². The summed E-state index contributed by atoms with van der Waals surface area (Å²) in [6, 6.07) is 3.12. The Labute approximate surface area is 81.9 Å². The minimum atomic E-state index is -0.430. The second-order valence-corrected chi connectivity index (χ2v) is 2.37. The molecule has 0 radical (unpaired) electrons. The lowest BCUT2D eigenvalue weighted by molar-refractivity contribution is 0.0600. The molecule has 0 aliphatic heterocycles. The van der Waals surface area contributed by atoms with Crippen molar-refractivity contribution in [3.63, 3.8) is 0 Å². The average Bonchev–Trinajstić information content (AvgIpc) is 2.26. The zero-order valence-corrected chi connectivity index (χ0v) is 7.69. The van der Waals surface area contributed by atoms with Gasteiger partial charge in [0.15, 0.2) is 6.61 Å². The maximum Gasteiger partial charge on any atom is 0.339 e. The summed E-state index contributed by atoms with van der Waals surface area (Å²) in [6.45, 7) is 0.157. The van der Waals surface area contributed by atoms with Crippen LogP contribution in [0, 0.1) is 12.3 Å². The third-order valence-electron chi connectivity index (χ3n) is 1.46. The molecule has 0 spiro atoms. The highest BCUT2D eigenvalue weighted by atomic mass is 16.5. The van der Waals surface area contributed by atoms with Crippen LogP contribution in [0.5, 0.6) is 5.88 Å². The topological polar surface area (TPSA) is 48.4 Å². The van der Waals surface area contributed by atoms with Gasteiger partial charge in [-0.1, -0.05) is 5.92 Å². The predicted molar refractivity (Wildman–Crippen MR) is 49.9 cm³/mol. The molecule has 1 aromatic rings. The summed E-state index contributed by atoms with van der Waals surface area (Å²) in [5.74, 6) is 2.27. The Balaban J connectivity index is 2.69. The van der Waals surface area contributed by atoms with Gasteiger partial charge in [-0.2, -0.15) is 0 Å². The summed E-state index contributed by atoms with van der Waals surface area (Å²) < 4.78 is 9.53. The standard InChI is InChI=1S/C10H9NO3/c1-3-6-14-9-5-4-8(7-11-9)10(12)13-2/h1,4-5,7H,6H2,2H3. The van der Waals surface area contributed by atoms with Crippen LogP contribution in [0.3, 0.4) is 0 Å². The summed E-state index contributed by atoms with van der Waals surface area (Å²) in [5.41, 5.74) is 0.376. The van der Waals surface area contributed by atoms with E-state index in [9.17, 15) is 4.79 Å². The van der Waals surface area contributed by atoms with Gasteiger partial charge in [-0.15, -0.1) is 6.42 Å². The van der Waals surface area contributed by atoms with Gasteiger partial charge in [0.25, 0.3) is 0 Å². The molecule has 0 N–H and O–H groups in total. The Bertz CT molecular complexity index is 351. The quantitative estimate of drug-likeness (QED) is 0.525. The zero-order valence-electron chi connectivity index (χ0n) is 7.69. The van der Waals surface area contributed by atoms with E-state index in [0.29, 0.717) is 11.4 Å². The lowest BCUT2D eigenvalue weighted by atomic mass is 10.3. The first kappa shape index (κ1) is 10.1. The Morgan fingerprint density at radius 2 is 2.43 bits per heavy atom. The average molecular weight is 191 g/mol. The number of rotatable bonds is 3. The van der Waals surface area contributed by atoms with Gasteiger partial charge in [0.05, 0.1) is 12.7 Å². The fourth-order valence-corrected chi connectivity index (χ4v) is 0.820. The summed E-state index contributed by atoms with van der Waals surface area (Å²) in [6.07, 6.45) is 6.37. The lowest BCUT2D eigenvalue weighted by Gasteiger charge is -2.01. The van der Waals surface area contributed by atoms with Crippen LogP contribution in [0.2, 0.25) is 0 Å². The van der Waals surface area contributed by atoms with Crippen LogP contribution in [0.1, 0.15) is 10.4 Å². The van der Waals surface area contributed by atoms with E-state index in [1.165, 1.54) is 13.3 Å². The molecular formula is C10H9NO3. The molecule has 4 nitrogen and oxygen atoms in total. The maximum absolute atomic E-state index is 11.0. The van der Waals surface area contributed by atoms with E-state index in [1.54, 1.807) is 12.1 Å². The molecule has 0 fully saturated rings. The van der Waals surface area contributed by atoms with E-state index in [-0.39, 0.29) is 6.61 Å². The minimum absolute atomic E-state index is 0.157. The van der Waals surface area contributed by atoms with Crippen molar-refractivity contribution in [2.24, 2.45) is 0 Å². The van der Waals surface area contributed by atoms with Crippen molar-refractivity contribution in [1.29, 1.82) is 0 Å². The van der Waals surface area contributed by atoms with E-state index < -0.39 is 5.97 Å². The molecule has 0 atom stereocenters. The largest absolute Gasteiger partial charge is 0.465 e. The number of ether oxygens (including phenoxy) is 2. The van der Waals surface area contributed by atoms with Crippen molar-refractivity contribution < 1.29 is 14.3 Å². The van der Waals surface area contributed by atoms with Crippen LogP contribution < -0.4 is 4.74 Å². The number of terminal acetylenes is 1. The van der Waals surface area contributed by atoms with Crippen LogP contribution >= 0.6 is 0 Å². The SMILES string of the molecule is C#CCOc1ccc(C(=O)OC)cn1. The first-order valence-corrected chi connectivity index (χ1v) is 3.88. The normalized spacial score (nSPS) is 8.86.